The van der Waals surface area contributed by atoms with Crippen LogP contribution in [0, 0.1) is 5.92 Å². The average molecular weight is 298 g/mol. The molecule has 1 heterocycles. The van der Waals surface area contributed by atoms with Crippen LogP contribution in [-0.2, 0) is 14.3 Å². The lowest BCUT2D eigenvalue weighted by molar-refractivity contribution is -0.159. The third kappa shape index (κ3) is 3.76. The lowest BCUT2D eigenvalue weighted by atomic mass is 9.85. The van der Waals surface area contributed by atoms with Crippen molar-refractivity contribution in [1.82, 2.24) is 10.2 Å². The number of ether oxygens (including phenoxy) is 1. The van der Waals surface area contributed by atoms with Gasteiger partial charge in [0.15, 0.2) is 0 Å². The summed E-state index contributed by atoms with van der Waals surface area (Å²) < 4.78 is 5.61. The molecule has 5 heteroatoms. The molecule has 0 aliphatic carbocycles. The molecule has 1 atom stereocenters. The van der Waals surface area contributed by atoms with Gasteiger partial charge in [0.2, 0.25) is 11.8 Å². The topological polar surface area (TPSA) is 58.6 Å². The summed E-state index contributed by atoms with van der Waals surface area (Å²) in [6.45, 7) is 11.7. The Hall–Kier alpha value is -1.10. The molecule has 0 saturated carbocycles. The first-order chi connectivity index (χ1) is 9.92. The first-order valence-corrected chi connectivity index (χ1v) is 8.13. The quantitative estimate of drug-likeness (QED) is 0.697. The highest BCUT2D eigenvalue weighted by molar-refractivity contribution is 5.99. The molecule has 5 nitrogen and oxygen atoms in total. The van der Waals surface area contributed by atoms with E-state index in [9.17, 15) is 9.59 Å². The molecule has 0 radical (unpaired) electrons. The zero-order chi connectivity index (χ0) is 16.0. The minimum absolute atomic E-state index is 0.0222. The molecule has 21 heavy (non-hydrogen) atoms. The summed E-state index contributed by atoms with van der Waals surface area (Å²) in [6, 6.07) is -0.395. The summed E-state index contributed by atoms with van der Waals surface area (Å²) in [5.41, 5.74) is -0.718. The first-order valence-electron chi connectivity index (χ1n) is 8.13. The van der Waals surface area contributed by atoms with E-state index in [1.165, 1.54) is 0 Å². The van der Waals surface area contributed by atoms with Gasteiger partial charge >= 0.3 is 0 Å². The van der Waals surface area contributed by atoms with E-state index in [1.807, 2.05) is 20.8 Å². The molecule has 0 bridgehead atoms. The molecule has 0 aromatic rings. The van der Waals surface area contributed by atoms with E-state index < -0.39 is 11.6 Å². The van der Waals surface area contributed by atoms with Crippen LogP contribution < -0.4 is 5.32 Å². The summed E-state index contributed by atoms with van der Waals surface area (Å²) in [5.74, 6) is 0.465. The van der Waals surface area contributed by atoms with Crippen molar-refractivity contribution in [2.45, 2.75) is 65.5 Å². The second kappa shape index (κ2) is 7.78. The van der Waals surface area contributed by atoms with Crippen molar-refractivity contribution >= 4 is 11.8 Å². The predicted molar refractivity (Wildman–Crippen MR) is 82.9 cm³/mol. The largest absolute Gasteiger partial charge is 0.379 e. The van der Waals surface area contributed by atoms with E-state index in [1.54, 1.807) is 4.90 Å². The smallest absolute Gasteiger partial charge is 0.246 e. The maximum Gasteiger partial charge on any atom is 0.246 e. The number of piperazine rings is 1. The summed E-state index contributed by atoms with van der Waals surface area (Å²) in [6.07, 6.45) is 1.88. The lowest BCUT2D eigenvalue weighted by Crippen LogP contribution is -2.70. The van der Waals surface area contributed by atoms with Gasteiger partial charge in [0.1, 0.15) is 11.6 Å². The highest BCUT2D eigenvalue weighted by atomic mass is 16.5. The zero-order valence-electron chi connectivity index (χ0n) is 14.1. The van der Waals surface area contributed by atoms with Crippen molar-refractivity contribution in [3.8, 4) is 0 Å². The highest BCUT2D eigenvalue weighted by Gasteiger charge is 2.49. The van der Waals surface area contributed by atoms with Gasteiger partial charge < -0.3 is 15.0 Å². The van der Waals surface area contributed by atoms with Crippen molar-refractivity contribution in [3.63, 3.8) is 0 Å². The monoisotopic (exact) mass is 298 g/mol. The number of nitrogens with zero attached hydrogens (tertiary/aromatic N) is 1. The Kier molecular flexibility index (Phi) is 6.65. The predicted octanol–water partition coefficient (Wildman–Crippen LogP) is 1.95. The van der Waals surface area contributed by atoms with Crippen LogP contribution in [0.5, 0.6) is 0 Å². The van der Waals surface area contributed by atoms with Crippen LogP contribution in [0.4, 0.5) is 0 Å². The Morgan fingerprint density at radius 3 is 2.33 bits per heavy atom. The number of carbonyl (C=O) groups is 2. The second-order valence-corrected chi connectivity index (χ2v) is 6.13. The fraction of sp³-hybridized carbons (Fsp3) is 0.875. The number of rotatable bonds is 8. The van der Waals surface area contributed by atoms with E-state index in [0.29, 0.717) is 44.9 Å². The van der Waals surface area contributed by atoms with Crippen LogP contribution in [0.15, 0.2) is 0 Å². The molecule has 0 aromatic carbocycles. The lowest BCUT2D eigenvalue weighted by Gasteiger charge is -2.47. The van der Waals surface area contributed by atoms with Crippen LogP contribution in [0.1, 0.15) is 53.9 Å². The summed E-state index contributed by atoms with van der Waals surface area (Å²) in [7, 11) is 0. The van der Waals surface area contributed by atoms with Gasteiger partial charge in [-0.1, -0.05) is 34.6 Å². The molecule has 2 amide bonds. The summed E-state index contributed by atoms with van der Waals surface area (Å²) >= 11 is 0. The number of carbonyl (C=O) groups excluding carboxylic acids is 2. The van der Waals surface area contributed by atoms with Gasteiger partial charge in [-0.25, -0.2) is 0 Å². The van der Waals surface area contributed by atoms with Gasteiger partial charge in [-0.3, -0.25) is 9.59 Å². The molecular weight excluding hydrogens is 268 g/mol. The first kappa shape index (κ1) is 18.0. The minimum Gasteiger partial charge on any atom is -0.379 e. The molecule has 1 aliphatic heterocycles. The molecular formula is C16H30N2O3. The molecule has 0 spiro atoms. The fourth-order valence-electron chi connectivity index (χ4n) is 2.90. The van der Waals surface area contributed by atoms with Crippen LogP contribution in [0.3, 0.4) is 0 Å². The van der Waals surface area contributed by atoms with Gasteiger partial charge in [-0.05, 0) is 25.2 Å². The average Bonchev–Trinajstić information content (AvgIpc) is 2.46. The van der Waals surface area contributed by atoms with Crippen molar-refractivity contribution in [3.05, 3.63) is 0 Å². The maximum absolute atomic E-state index is 12.6. The van der Waals surface area contributed by atoms with Crippen molar-refractivity contribution in [2.24, 2.45) is 5.92 Å². The molecule has 1 rings (SSSR count). The molecule has 1 N–H and O–H groups in total. The Morgan fingerprint density at radius 2 is 1.86 bits per heavy atom. The second-order valence-electron chi connectivity index (χ2n) is 6.13. The Balaban J connectivity index is 2.84. The molecule has 1 aliphatic rings. The van der Waals surface area contributed by atoms with Gasteiger partial charge in [0.25, 0.3) is 0 Å². The Morgan fingerprint density at radius 1 is 1.24 bits per heavy atom. The number of hydrogen-bond donors (Lipinski definition) is 1. The number of amides is 2. The van der Waals surface area contributed by atoms with Crippen molar-refractivity contribution in [2.75, 3.05) is 19.8 Å². The Bertz CT molecular complexity index is 365. The molecule has 1 saturated heterocycles. The van der Waals surface area contributed by atoms with Gasteiger partial charge in [0.05, 0.1) is 6.61 Å². The number of nitrogens with one attached hydrogen (secondary N) is 1. The van der Waals surface area contributed by atoms with E-state index in [4.69, 9.17) is 4.74 Å². The summed E-state index contributed by atoms with van der Waals surface area (Å²) in [4.78, 5) is 26.9. The van der Waals surface area contributed by atoms with Crippen LogP contribution in [0.2, 0.25) is 0 Å². The third-order valence-electron chi connectivity index (χ3n) is 4.30. The van der Waals surface area contributed by atoms with E-state index in [0.717, 1.165) is 0 Å². The van der Waals surface area contributed by atoms with Gasteiger partial charge in [-0.15, -0.1) is 0 Å². The van der Waals surface area contributed by atoms with Crippen LogP contribution >= 0.6 is 0 Å². The third-order valence-corrected chi connectivity index (χ3v) is 4.30. The van der Waals surface area contributed by atoms with Crippen LogP contribution in [-0.4, -0.2) is 48.1 Å². The van der Waals surface area contributed by atoms with Gasteiger partial charge in [-0.2, -0.15) is 0 Å². The highest BCUT2D eigenvalue weighted by Crippen LogP contribution is 2.29. The fourth-order valence-corrected chi connectivity index (χ4v) is 2.90. The summed E-state index contributed by atoms with van der Waals surface area (Å²) in [5, 5.41) is 2.88. The van der Waals surface area contributed by atoms with E-state index in [2.05, 4.69) is 19.2 Å². The van der Waals surface area contributed by atoms with Crippen molar-refractivity contribution < 1.29 is 14.3 Å². The zero-order valence-corrected chi connectivity index (χ0v) is 14.1. The van der Waals surface area contributed by atoms with Crippen molar-refractivity contribution in [1.29, 1.82) is 0 Å². The number of hydrogen-bond acceptors (Lipinski definition) is 3. The molecule has 1 fully saturated rings. The van der Waals surface area contributed by atoms with Gasteiger partial charge in [0, 0.05) is 13.2 Å². The molecule has 0 aromatic heterocycles. The standard InChI is InChI=1S/C16H30N2O3/c1-6-13-14(19)18(9-10-21-11-12(4)5)16(7-2,8-3)15(20)17-13/h12-13H,6-11H2,1-5H3,(H,17,20). The SMILES string of the molecule is CCC1NC(=O)C(CC)(CC)N(CCOCC(C)C)C1=O. The molecule has 122 valence electrons. The normalized spacial score (nSPS) is 21.8. The van der Waals surface area contributed by atoms with E-state index in [-0.39, 0.29) is 11.8 Å². The minimum atomic E-state index is -0.718. The maximum atomic E-state index is 12.6. The molecule has 1 unspecified atom stereocenters. The van der Waals surface area contributed by atoms with Crippen LogP contribution in [0.25, 0.3) is 0 Å². The Labute approximate surface area is 128 Å². The van der Waals surface area contributed by atoms with E-state index >= 15 is 0 Å².